The molecule has 2 N–H and O–H groups in total. The molecule has 0 heterocycles. The van der Waals surface area contributed by atoms with Crippen molar-refractivity contribution in [2.24, 2.45) is 0 Å². The molecule has 0 radical (unpaired) electrons. The first-order valence-corrected chi connectivity index (χ1v) is 3.88. The van der Waals surface area contributed by atoms with E-state index in [1.54, 1.807) is 21.1 Å². The number of nitrogens with zero attached hydrogens (tertiary/aromatic N) is 1. The van der Waals surface area contributed by atoms with Crippen LogP contribution in [0.5, 0.6) is 0 Å². The molecule has 13 heavy (non-hydrogen) atoms. The van der Waals surface area contributed by atoms with E-state index in [-0.39, 0.29) is 10.9 Å². The van der Waals surface area contributed by atoms with Crippen molar-refractivity contribution in [1.29, 1.82) is 0 Å². The second kappa shape index (κ2) is 3.33. The van der Waals surface area contributed by atoms with Gasteiger partial charge in [0.05, 0.1) is 21.1 Å². The molecular formula is C8H16NO4+. The lowest BCUT2D eigenvalue weighted by atomic mass is 9.94. The van der Waals surface area contributed by atoms with Crippen LogP contribution in [-0.4, -0.2) is 53.3 Å². The van der Waals surface area contributed by atoms with Gasteiger partial charge in [0.1, 0.15) is 6.42 Å². The normalized spacial score (nSPS) is 16.3. The summed E-state index contributed by atoms with van der Waals surface area (Å²) in [5, 5.41) is 17.5. The van der Waals surface area contributed by atoms with E-state index in [1.165, 1.54) is 6.92 Å². The van der Waals surface area contributed by atoms with Gasteiger partial charge in [-0.3, -0.25) is 4.79 Å². The maximum absolute atomic E-state index is 10.9. The number of quaternary nitrogens is 1. The van der Waals surface area contributed by atoms with Gasteiger partial charge in [0.25, 0.3) is 0 Å². The van der Waals surface area contributed by atoms with Crippen LogP contribution in [0.25, 0.3) is 0 Å². The SMILES string of the molecule is CC(CC(=O)O)(C(=O)O)[N+](C)(C)C. The highest BCUT2D eigenvalue weighted by atomic mass is 16.4. The molecule has 0 saturated heterocycles. The monoisotopic (exact) mass is 190 g/mol. The molecule has 0 spiro atoms. The van der Waals surface area contributed by atoms with Gasteiger partial charge in [-0.25, -0.2) is 4.79 Å². The van der Waals surface area contributed by atoms with Crippen molar-refractivity contribution < 1.29 is 24.3 Å². The van der Waals surface area contributed by atoms with Gasteiger partial charge in [-0.2, -0.15) is 0 Å². The van der Waals surface area contributed by atoms with Crippen LogP contribution in [0.4, 0.5) is 0 Å². The van der Waals surface area contributed by atoms with E-state index in [2.05, 4.69) is 0 Å². The molecule has 0 aliphatic rings. The highest BCUT2D eigenvalue weighted by Gasteiger charge is 2.47. The zero-order valence-corrected chi connectivity index (χ0v) is 8.37. The zero-order valence-electron chi connectivity index (χ0n) is 8.37. The average molecular weight is 190 g/mol. The predicted molar refractivity (Wildman–Crippen MR) is 46.3 cm³/mol. The van der Waals surface area contributed by atoms with E-state index >= 15 is 0 Å². The fourth-order valence-electron chi connectivity index (χ4n) is 0.894. The summed E-state index contributed by atoms with van der Waals surface area (Å²) in [6.45, 7) is 1.43. The van der Waals surface area contributed by atoms with Gasteiger partial charge in [-0.1, -0.05) is 0 Å². The van der Waals surface area contributed by atoms with Crippen LogP contribution in [0.1, 0.15) is 13.3 Å². The molecule has 0 aromatic rings. The molecule has 0 fully saturated rings. The zero-order chi connectivity index (χ0) is 10.9. The molecule has 0 aliphatic heterocycles. The van der Waals surface area contributed by atoms with E-state index in [0.717, 1.165) is 0 Å². The average Bonchev–Trinajstić information content (AvgIpc) is 1.82. The van der Waals surface area contributed by atoms with Crippen molar-refractivity contribution in [3.05, 3.63) is 0 Å². The number of hydrogen-bond donors (Lipinski definition) is 2. The summed E-state index contributed by atoms with van der Waals surface area (Å²) in [4.78, 5) is 21.4. The van der Waals surface area contributed by atoms with Gasteiger partial charge in [-0.15, -0.1) is 0 Å². The lowest BCUT2D eigenvalue weighted by Crippen LogP contribution is -2.60. The Labute approximate surface area is 77.2 Å². The van der Waals surface area contributed by atoms with Gasteiger partial charge in [0, 0.05) is 6.92 Å². The molecule has 0 aromatic carbocycles. The van der Waals surface area contributed by atoms with Crippen LogP contribution in [0, 0.1) is 0 Å². The summed E-state index contributed by atoms with van der Waals surface area (Å²) < 4.78 is 0.0780. The fourth-order valence-corrected chi connectivity index (χ4v) is 0.894. The molecule has 0 bridgehead atoms. The van der Waals surface area contributed by atoms with E-state index < -0.39 is 17.5 Å². The topological polar surface area (TPSA) is 74.6 Å². The van der Waals surface area contributed by atoms with E-state index in [4.69, 9.17) is 10.2 Å². The number of aliphatic carboxylic acids is 2. The Bertz CT molecular complexity index is 231. The second-order valence-corrected chi connectivity index (χ2v) is 4.16. The Kier molecular flexibility index (Phi) is 3.05. The van der Waals surface area contributed by atoms with E-state index in [9.17, 15) is 9.59 Å². The van der Waals surface area contributed by atoms with E-state index in [1.807, 2.05) is 0 Å². The molecule has 0 saturated carbocycles. The minimum absolute atomic E-state index is 0.0780. The van der Waals surface area contributed by atoms with E-state index in [0.29, 0.717) is 0 Å². The standard InChI is InChI=1S/C8H15NO4/c1-8(7(12)13,5-6(10)11)9(2,3)4/h5H2,1-4H3,(H-,10,11,12,13)/p+1. The van der Waals surface area contributed by atoms with Crippen molar-refractivity contribution in [3.63, 3.8) is 0 Å². The summed E-state index contributed by atoms with van der Waals surface area (Å²) in [5.74, 6) is -2.19. The first kappa shape index (κ1) is 11.9. The van der Waals surface area contributed by atoms with Crippen molar-refractivity contribution in [2.75, 3.05) is 21.1 Å². The molecule has 0 aromatic heterocycles. The molecule has 1 unspecified atom stereocenters. The second-order valence-electron chi connectivity index (χ2n) is 4.16. The predicted octanol–water partition coefficient (Wildman–Crippen LogP) is 0.0106. The van der Waals surface area contributed by atoms with Crippen LogP contribution in [0.15, 0.2) is 0 Å². The summed E-state index contributed by atoms with van der Waals surface area (Å²) in [5.41, 5.74) is -1.29. The third-order valence-electron chi connectivity index (χ3n) is 2.44. The third kappa shape index (κ3) is 2.42. The maximum Gasteiger partial charge on any atom is 0.366 e. The van der Waals surface area contributed by atoms with Crippen molar-refractivity contribution in [1.82, 2.24) is 0 Å². The lowest BCUT2D eigenvalue weighted by molar-refractivity contribution is -0.911. The van der Waals surface area contributed by atoms with Crippen LogP contribution in [-0.2, 0) is 9.59 Å². The molecule has 1 atom stereocenters. The van der Waals surface area contributed by atoms with Crippen LogP contribution in [0.2, 0.25) is 0 Å². The Morgan fingerprint density at radius 2 is 1.62 bits per heavy atom. The molecule has 0 rings (SSSR count). The van der Waals surface area contributed by atoms with Gasteiger partial charge in [-0.05, 0) is 0 Å². The molecule has 76 valence electrons. The Hall–Kier alpha value is -1.10. The Balaban J connectivity index is 4.96. The minimum atomic E-state index is -1.29. The van der Waals surface area contributed by atoms with Gasteiger partial charge in [0.15, 0.2) is 0 Å². The number of carboxylic acids is 2. The first-order valence-electron chi connectivity index (χ1n) is 3.88. The van der Waals surface area contributed by atoms with Crippen LogP contribution < -0.4 is 0 Å². The number of carboxylic acid groups (broad SMARTS) is 2. The smallest absolute Gasteiger partial charge is 0.366 e. The first-order chi connectivity index (χ1) is 5.61. The third-order valence-corrected chi connectivity index (χ3v) is 2.44. The van der Waals surface area contributed by atoms with Gasteiger partial charge in [0.2, 0.25) is 5.54 Å². The van der Waals surface area contributed by atoms with Crippen molar-refractivity contribution >= 4 is 11.9 Å². The number of hydrogen-bond acceptors (Lipinski definition) is 2. The highest BCUT2D eigenvalue weighted by molar-refractivity contribution is 5.83. The summed E-state index contributed by atoms with van der Waals surface area (Å²) in [6.07, 6.45) is -0.383. The van der Waals surface area contributed by atoms with Gasteiger partial charge >= 0.3 is 11.9 Å². The number of likely N-dealkylation sites (N-methyl/N-ethyl adjacent to an activating group) is 1. The summed E-state index contributed by atoms with van der Waals surface area (Å²) in [7, 11) is 4.99. The summed E-state index contributed by atoms with van der Waals surface area (Å²) >= 11 is 0. The minimum Gasteiger partial charge on any atom is -0.481 e. The lowest BCUT2D eigenvalue weighted by Gasteiger charge is -2.39. The highest BCUT2D eigenvalue weighted by Crippen LogP contribution is 2.22. The van der Waals surface area contributed by atoms with Gasteiger partial charge < -0.3 is 14.7 Å². The molecule has 0 aliphatic carbocycles. The van der Waals surface area contributed by atoms with Crippen molar-refractivity contribution in [2.45, 2.75) is 18.9 Å². The number of rotatable bonds is 4. The molecule has 5 heteroatoms. The molecule has 0 amide bonds. The molecule has 5 nitrogen and oxygen atoms in total. The van der Waals surface area contributed by atoms with Crippen LogP contribution in [0.3, 0.4) is 0 Å². The molecular weight excluding hydrogens is 174 g/mol. The Morgan fingerprint density at radius 3 is 1.69 bits per heavy atom. The number of carbonyl (C=O) groups is 2. The maximum atomic E-state index is 10.9. The fraction of sp³-hybridized carbons (Fsp3) is 0.750. The van der Waals surface area contributed by atoms with Crippen molar-refractivity contribution in [3.8, 4) is 0 Å². The van der Waals surface area contributed by atoms with Crippen LogP contribution >= 0.6 is 0 Å². The summed E-state index contributed by atoms with van der Waals surface area (Å²) in [6, 6.07) is 0. The Morgan fingerprint density at radius 1 is 1.23 bits per heavy atom. The largest absolute Gasteiger partial charge is 0.481 e. The quantitative estimate of drug-likeness (QED) is 0.612.